The molecule has 1 aliphatic heterocycles. The third-order valence-electron chi connectivity index (χ3n) is 3.30. The van der Waals surface area contributed by atoms with Crippen LogP contribution in [0.5, 0.6) is 0 Å². The lowest BCUT2D eigenvalue weighted by Crippen LogP contribution is -2.47. The van der Waals surface area contributed by atoms with Crippen molar-refractivity contribution < 1.29 is 0 Å². The van der Waals surface area contributed by atoms with E-state index in [1.807, 2.05) is 0 Å². The van der Waals surface area contributed by atoms with Crippen LogP contribution in [0.15, 0.2) is 0 Å². The standard InChI is InChI=1S/C13H28N2/c1-11-6-7-12(2)15(10-11)9-8-14-13(3,4)5/h11-12,14H,6-10H2,1-5H3. The van der Waals surface area contributed by atoms with Crippen molar-refractivity contribution in [2.45, 2.75) is 59.0 Å². The third-order valence-corrected chi connectivity index (χ3v) is 3.30. The molecule has 2 unspecified atom stereocenters. The summed E-state index contributed by atoms with van der Waals surface area (Å²) < 4.78 is 0. The molecule has 0 radical (unpaired) electrons. The van der Waals surface area contributed by atoms with Crippen LogP contribution in [0.25, 0.3) is 0 Å². The largest absolute Gasteiger partial charge is 0.311 e. The van der Waals surface area contributed by atoms with Crippen molar-refractivity contribution in [3.05, 3.63) is 0 Å². The van der Waals surface area contributed by atoms with Gasteiger partial charge in [0.15, 0.2) is 0 Å². The van der Waals surface area contributed by atoms with E-state index in [0.717, 1.165) is 18.5 Å². The first-order valence-corrected chi connectivity index (χ1v) is 6.37. The van der Waals surface area contributed by atoms with Crippen molar-refractivity contribution in [1.82, 2.24) is 10.2 Å². The van der Waals surface area contributed by atoms with Crippen molar-refractivity contribution in [1.29, 1.82) is 0 Å². The number of hydrogen-bond donors (Lipinski definition) is 1. The van der Waals surface area contributed by atoms with E-state index in [1.165, 1.54) is 25.9 Å². The summed E-state index contributed by atoms with van der Waals surface area (Å²) >= 11 is 0. The summed E-state index contributed by atoms with van der Waals surface area (Å²) in [7, 11) is 0. The van der Waals surface area contributed by atoms with Crippen molar-refractivity contribution in [3.63, 3.8) is 0 Å². The highest BCUT2D eigenvalue weighted by molar-refractivity contribution is 4.78. The number of rotatable bonds is 3. The molecule has 0 amide bonds. The third kappa shape index (κ3) is 4.98. The van der Waals surface area contributed by atoms with Gasteiger partial charge in [-0.15, -0.1) is 0 Å². The van der Waals surface area contributed by atoms with Crippen molar-refractivity contribution in [2.75, 3.05) is 19.6 Å². The maximum Gasteiger partial charge on any atom is 0.0110 e. The van der Waals surface area contributed by atoms with Crippen LogP contribution in [-0.2, 0) is 0 Å². The predicted molar refractivity (Wildman–Crippen MR) is 67.2 cm³/mol. The molecule has 2 nitrogen and oxygen atoms in total. The molecular weight excluding hydrogens is 184 g/mol. The number of hydrogen-bond acceptors (Lipinski definition) is 2. The first-order chi connectivity index (χ1) is 6.88. The van der Waals surface area contributed by atoms with Gasteiger partial charge in [-0.2, -0.15) is 0 Å². The van der Waals surface area contributed by atoms with Crippen molar-refractivity contribution >= 4 is 0 Å². The van der Waals surface area contributed by atoms with Gasteiger partial charge in [0.05, 0.1) is 0 Å². The number of nitrogens with one attached hydrogen (secondary N) is 1. The number of likely N-dealkylation sites (tertiary alicyclic amines) is 1. The number of piperidine rings is 1. The fourth-order valence-corrected chi connectivity index (χ4v) is 2.27. The molecule has 1 fully saturated rings. The smallest absolute Gasteiger partial charge is 0.0110 e. The summed E-state index contributed by atoms with van der Waals surface area (Å²) in [5.41, 5.74) is 0.255. The SMILES string of the molecule is CC1CCC(C)N(CCNC(C)(C)C)C1. The first kappa shape index (κ1) is 13.0. The molecule has 1 rings (SSSR count). The zero-order valence-electron chi connectivity index (χ0n) is 11.1. The van der Waals surface area contributed by atoms with E-state index in [1.54, 1.807) is 0 Å². The van der Waals surface area contributed by atoms with E-state index in [4.69, 9.17) is 0 Å². The second-order valence-corrected chi connectivity index (χ2v) is 6.20. The first-order valence-electron chi connectivity index (χ1n) is 6.37. The summed E-state index contributed by atoms with van der Waals surface area (Å²) in [6, 6.07) is 0.781. The fraction of sp³-hybridized carbons (Fsp3) is 1.00. The van der Waals surface area contributed by atoms with E-state index in [0.29, 0.717) is 0 Å². The topological polar surface area (TPSA) is 15.3 Å². The molecule has 15 heavy (non-hydrogen) atoms. The summed E-state index contributed by atoms with van der Waals surface area (Å²) in [5.74, 6) is 0.885. The molecule has 2 heteroatoms. The highest BCUT2D eigenvalue weighted by Crippen LogP contribution is 2.20. The van der Waals surface area contributed by atoms with Gasteiger partial charge in [-0.1, -0.05) is 6.92 Å². The minimum absolute atomic E-state index is 0.255. The van der Waals surface area contributed by atoms with Crippen LogP contribution < -0.4 is 5.32 Å². The van der Waals surface area contributed by atoms with Gasteiger partial charge < -0.3 is 5.32 Å². The van der Waals surface area contributed by atoms with Gasteiger partial charge in [-0.3, -0.25) is 4.90 Å². The maximum atomic E-state index is 3.56. The quantitative estimate of drug-likeness (QED) is 0.773. The molecule has 0 aromatic rings. The second-order valence-electron chi connectivity index (χ2n) is 6.20. The maximum absolute atomic E-state index is 3.56. The normalized spacial score (nSPS) is 29.4. The Morgan fingerprint density at radius 1 is 1.20 bits per heavy atom. The minimum atomic E-state index is 0.255. The Balaban J connectivity index is 2.24. The van der Waals surface area contributed by atoms with Crippen LogP contribution in [0.2, 0.25) is 0 Å². The van der Waals surface area contributed by atoms with Gasteiger partial charge in [0.2, 0.25) is 0 Å². The Morgan fingerprint density at radius 2 is 1.87 bits per heavy atom. The molecular formula is C13H28N2. The zero-order valence-corrected chi connectivity index (χ0v) is 11.1. The molecule has 0 spiro atoms. The van der Waals surface area contributed by atoms with Gasteiger partial charge in [-0.05, 0) is 46.5 Å². The van der Waals surface area contributed by atoms with Crippen molar-refractivity contribution in [2.24, 2.45) is 5.92 Å². The fourth-order valence-electron chi connectivity index (χ4n) is 2.27. The van der Waals surface area contributed by atoms with Gasteiger partial charge in [-0.25, -0.2) is 0 Å². The second kappa shape index (κ2) is 5.31. The Hall–Kier alpha value is -0.0800. The lowest BCUT2D eigenvalue weighted by Gasteiger charge is -2.37. The molecule has 90 valence electrons. The van der Waals surface area contributed by atoms with Gasteiger partial charge in [0.25, 0.3) is 0 Å². The van der Waals surface area contributed by atoms with Crippen LogP contribution in [0.3, 0.4) is 0 Å². The zero-order chi connectivity index (χ0) is 11.5. The molecule has 1 heterocycles. The monoisotopic (exact) mass is 212 g/mol. The van der Waals surface area contributed by atoms with Crippen LogP contribution >= 0.6 is 0 Å². The minimum Gasteiger partial charge on any atom is -0.311 e. The van der Waals surface area contributed by atoms with Crippen LogP contribution in [0.1, 0.15) is 47.5 Å². The average Bonchev–Trinajstić information content (AvgIpc) is 2.09. The Labute approximate surface area is 95.4 Å². The molecule has 1 saturated heterocycles. The van der Waals surface area contributed by atoms with E-state index in [-0.39, 0.29) is 5.54 Å². The van der Waals surface area contributed by atoms with Crippen molar-refractivity contribution in [3.8, 4) is 0 Å². The molecule has 0 aliphatic carbocycles. The molecule has 2 atom stereocenters. The molecule has 1 aliphatic rings. The number of nitrogens with zero attached hydrogens (tertiary/aromatic N) is 1. The lowest BCUT2D eigenvalue weighted by molar-refractivity contribution is 0.123. The Bertz CT molecular complexity index is 183. The summed E-state index contributed by atoms with van der Waals surface area (Å²) in [5, 5.41) is 3.56. The van der Waals surface area contributed by atoms with Gasteiger partial charge >= 0.3 is 0 Å². The summed E-state index contributed by atoms with van der Waals surface area (Å²) in [6.07, 6.45) is 2.78. The highest BCUT2D eigenvalue weighted by Gasteiger charge is 2.22. The van der Waals surface area contributed by atoms with Crippen LogP contribution in [0.4, 0.5) is 0 Å². The Kier molecular flexibility index (Phi) is 4.60. The van der Waals surface area contributed by atoms with E-state index < -0.39 is 0 Å². The van der Waals surface area contributed by atoms with E-state index in [9.17, 15) is 0 Å². The molecule has 0 aromatic carbocycles. The predicted octanol–water partition coefficient (Wildman–Crippen LogP) is 2.49. The van der Waals surface area contributed by atoms with Crippen LogP contribution in [0, 0.1) is 5.92 Å². The van der Waals surface area contributed by atoms with Gasteiger partial charge in [0, 0.05) is 31.2 Å². The molecule has 1 N–H and O–H groups in total. The summed E-state index contributed by atoms with van der Waals surface area (Å²) in [4.78, 5) is 2.63. The van der Waals surface area contributed by atoms with E-state index >= 15 is 0 Å². The van der Waals surface area contributed by atoms with Crippen LogP contribution in [-0.4, -0.2) is 36.1 Å². The van der Waals surface area contributed by atoms with E-state index in [2.05, 4.69) is 44.8 Å². The average molecular weight is 212 g/mol. The lowest BCUT2D eigenvalue weighted by atomic mass is 9.95. The molecule has 0 aromatic heterocycles. The Morgan fingerprint density at radius 3 is 2.47 bits per heavy atom. The summed E-state index contributed by atoms with van der Waals surface area (Å²) in [6.45, 7) is 15.0. The molecule has 0 saturated carbocycles. The molecule has 0 bridgehead atoms. The van der Waals surface area contributed by atoms with Gasteiger partial charge in [0.1, 0.15) is 0 Å². The highest BCUT2D eigenvalue weighted by atomic mass is 15.2.